The molecule has 0 unspecified atom stereocenters. The summed E-state index contributed by atoms with van der Waals surface area (Å²) in [5.74, 6) is -0.463. The van der Waals surface area contributed by atoms with E-state index >= 15 is 0 Å². The fraction of sp³-hybridized carbons (Fsp3) is 0. The van der Waals surface area contributed by atoms with E-state index in [-0.39, 0.29) is 21.9 Å². The molecule has 1 heterocycles. The summed E-state index contributed by atoms with van der Waals surface area (Å²) in [7, 11) is -3.87. The highest BCUT2D eigenvalue weighted by atomic mass is 32.2. The highest BCUT2D eigenvalue weighted by Crippen LogP contribution is 2.37. The summed E-state index contributed by atoms with van der Waals surface area (Å²) in [5, 5.41) is 13.8. The summed E-state index contributed by atoms with van der Waals surface area (Å²) in [5.41, 5.74) is 2.05. The van der Waals surface area contributed by atoms with Crippen molar-refractivity contribution in [2.75, 3.05) is 10.0 Å². The van der Waals surface area contributed by atoms with Crippen LogP contribution in [0.3, 0.4) is 0 Å². The molecule has 174 valence electrons. The van der Waals surface area contributed by atoms with E-state index in [4.69, 9.17) is 0 Å². The molecule has 1 amide bonds. The monoisotopic (exact) mass is 501 g/mol. The molecular formula is C26H19N3O4S2. The lowest BCUT2D eigenvalue weighted by atomic mass is 10.1. The van der Waals surface area contributed by atoms with Crippen LogP contribution in [0.15, 0.2) is 102 Å². The summed E-state index contributed by atoms with van der Waals surface area (Å²) in [4.78, 5) is 17.8. The molecule has 9 heteroatoms. The Labute approximate surface area is 205 Å². The van der Waals surface area contributed by atoms with Crippen molar-refractivity contribution in [1.29, 1.82) is 0 Å². The lowest BCUT2D eigenvalue weighted by Crippen LogP contribution is -2.18. The molecular weight excluding hydrogens is 482 g/mol. The maximum absolute atomic E-state index is 13.1. The van der Waals surface area contributed by atoms with Gasteiger partial charge in [0.25, 0.3) is 15.9 Å². The minimum atomic E-state index is -3.87. The summed E-state index contributed by atoms with van der Waals surface area (Å²) < 4.78 is 29.0. The van der Waals surface area contributed by atoms with E-state index < -0.39 is 15.9 Å². The van der Waals surface area contributed by atoms with Crippen molar-refractivity contribution >= 4 is 48.9 Å². The number of amides is 1. The van der Waals surface area contributed by atoms with E-state index in [9.17, 15) is 18.3 Å². The Bertz CT molecular complexity index is 1620. The number of fused-ring (bicyclic) bond motifs is 1. The largest absolute Gasteiger partial charge is 0.507 e. The first kappa shape index (κ1) is 22.6. The number of hydrogen-bond donors (Lipinski definition) is 3. The Morgan fingerprint density at radius 1 is 0.857 bits per heavy atom. The van der Waals surface area contributed by atoms with E-state index in [1.54, 1.807) is 42.5 Å². The number of nitrogens with zero attached hydrogens (tertiary/aromatic N) is 1. The lowest BCUT2D eigenvalue weighted by molar-refractivity contribution is 0.102. The molecule has 0 atom stereocenters. The van der Waals surface area contributed by atoms with Crippen molar-refractivity contribution in [2.45, 2.75) is 4.90 Å². The van der Waals surface area contributed by atoms with Gasteiger partial charge in [-0.25, -0.2) is 13.4 Å². The molecule has 0 aliphatic carbocycles. The minimum Gasteiger partial charge on any atom is -0.507 e. The van der Waals surface area contributed by atoms with Gasteiger partial charge in [-0.05, 0) is 54.6 Å². The molecule has 5 aromatic rings. The molecule has 0 bridgehead atoms. The molecule has 0 aliphatic rings. The number of carbonyl (C=O) groups is 1. The SMILES string of the molecule is O=C(Nc1ccc(O)c(-c2nc3ccccc3s2)c1)c1ccccc1NS(=O)(=O)c1ccccc1. The molecule has 4 aromatic carbocycles. The van der Waals surface area contributed by atoms with Crippen LogP contribution in [-0.2, 0) is 10.0 Å². The number of nitrogens with one attached hydrogen (secondary N) is 2. The van der Waals surface area contributed by atoms with Crippen LogP contribution in [0.4, 0.5) is 11.4 Å². The van der Waals surface area contributed by atoms with Crippen molar-refractivity contribution < 1.29 is 18.3 Å². The zero-order valence-electron chi connectivity index (χ0n) is 18.2. The Morgan fingerprint density at radius 3 is 2.37 bits per heavy atom. The quantitative estimate of drug-likeness (QED) is 0.258. The van der Waals surface area contributed by atoms with E-state index in [1.807, 2.05) is 24.3 Å². The number of hydrogen-bond acceptors (Lipinski definition) is 6. The van der Waals surface area contributed by atoms with Gasteiger partial charge in [0, 0.05) is 5.69 Å². The summed E-state index contributed by atoms with van der Waals surface area (Å²) in [6, 6.07) is 26.6. The Balaban J connectivity index is 1.42. The van der Waals surface area contributed by atoms with Crippen LogP contribution in [0.5, 0.6) is 5.75 Å². The number of aromatic nitrogens is 1. The number of thiazole rings is 1. The smallest absolute Gasteiger partial charge is 0.261 e. The summed E-state index contributed by atoms with van der Waals surface area (Å²) in [6.07, 6.45) is 0. The van der Waals surface area contributed by atoms with E-state index in [0.29, 0.717) is 16.3 Å². The molecule has 0 spiro atoms. The average Bonchev–Trinajstić information content (AvgIpc) is 3.30. The van der Waals surface area contributed by atoms with Crippen LogP contribution in [0.1, 0.15) is 10.4 Å². The molecule has 7 nitrogen and oxygen atoms in total. The summed E-state index contributed by atoms with van der Waals surface area (Å²) in [6.45, 7) is 0. The van der Waals surface area contributed by atoms with Crippen molar-refractivity contribution in [3.63, 3.8) is 0 Å². The fourth-order valence-corrected chi connectivity index (χ4v) is 5.64. The van der Waals surface area contributed by atoms with Crippen LogP contribution in [0.25, 0.3) is 20.8 Å². The first-order valence-electron chi connectivity index (χ1n) is 10.6. The Morgan fingerprint density at radius 2 is 1.57 bits per heavy atom. The minimum absolute atomic E-state index is 0.0399. The van der Waals surface area contributed by atoms with Crippen molar-refractivity contribution in [3.8, 4) is 16.3 Å². The first-order valence-corrected chi connectivity index (χ1v) is 12.9. The molecule has 3 N–H and O–H groups in total. The predicted molar refractivity (Wildman–Crippen MR) is 138 cm³/mol. The second kappa shape index (κ2) is 9.21. The number of sulfonamides is 1. The van der Waals surface area contributed by atoms with Crippen LogP contribution in [0, 0.1) is 0 Å². The zero-order valence-corrected chi connectivity index (χ0v) is 19.8. The topological polar surface area (TPSA) is 108 Å². The number of rotatable bonds is 6. The zero-order chi connectivity index (χ0) is 24.4. The Hall–Kier alpha value is -4.21. The third-order valence-electron chi connectivity index (χ3n) is 5.25. The second-order valence-electron chi connectivity index (χ2n) is 7.64. The van der Waals surface area contributed by atoms with Crippen molar-refractivity contribution in [3.05, 3.63) is 103 Å². The van der Waals surface area contributed by atoms with Gasteiger partial charge >= 0.3 is 0 Å². The number of aromatic hydroxyl groups is 1. The molecule has 1 aromatic heterocycles. The highest BCUT2D eigenvalue weighted by Gasteiger charge is 2.19. The van der Waals surface area contributed by atoms with Crippen LogP contribution in [-0.4, -0.2) is 24.4 Å². The van der Waals surface area contributed by atoms with Gasteiger partial charge in [0.2, 0.25) is 0 Å². The molecule has 35 heavy (non-hydrogen) atoms. The number of phenols is 1. The van der Waals surface area contributed by atoms with Gasteiger partial charge in [-0.2, -0.15) is 0 Å². The lowest BCUT2D eigenvalue weighted by Gasteiger charge is -2.13. The molecule has 0 saturated heterocycles. The van der Waals surface area contributed by atoms with Crippen LogP contribution in [0.2, 0.25) is 0 Å². The normalized spacial score (nSPS) is 11.3. The first-order chi connectivity index (χ1) is 16.9. The standard InChI is InChI=1S/C26H19N3O4S2/c30-23-15-14-17(16-20(23)26-28-22-12-6-7-13-24(22)34-26)27-25(31)19-10-4-5-11-21(19)29-35(32,33)18-8-2-1-3-9-18/h1-16,29-30H,(H,27,31). The third kappa shape index (κ3) is 4.72. The molecule has 5 rings (SSSR count). The van der Waals surface area contributed by atoms with E-state index in [1.165, 1.54) is 41.7 Å². The van der Waals surface area contributed by atoms with Gasteiger partial charge in [-0.3, -0.25) is 9.52 Å². The molecule has 0 saturated carbocycles. The molecule has 0 fully saturated rings. The number of benzene rings is 4. The van der Waals surface area contributed by atoms with Crippen LogP contribution < -0.4 is 10.0 Å². The summed E-state index contributed by atoms with van der Waals surface area (Å²) >= 11 is 1.43. The number of carbonyl (C=O) groups excluding carboxylic acids is 1. The van der Waals surface area contributed by atoms with Gasteiger partial charge in [0.15, 0.2) is 0 Å². The molecule has 0 aliphatic heterocycles. The number of para-hydroxylation sites is 2. The predicted octanol–water partition coefficient (Wildman–Crippen LogP) is 5.72. The van der Waals surface area contributed by atoms with Gasteiger partial charge in [0.05, 0.1) is 31.9 Å². The third-order valence-corrected chi connectivity index (χ3v) is 7.70. The maximum atomic E-state index is 13.1. The van der Waals surface area contributed by atoms with Gasteiger partial charge in [0.1, 0.15) is 10.8 Å². The van der Waals surface area contributed by atoms with Crippen molar-refractivity contribution in [2.24, 2.45) is 0 Å². The van der Waals surface area contributed by atoms with Gasteiger partial charge in [-0.15, -0.1) is 11.3 Å². The van der Waals surface area contributed by atoms with E-state index in [0.717, 1.165) is 10.2 Å². The number of phenolic OH excluding ortho intramolecular Hbond substituents is 1. The van der Waals surface area contributed by atoms with E-state index in [2.05, 4.69) is 15.0 Å². The number of anilines is 2. The van der Waals surface area contributed by atoms with Crippen molar-refractivity contribution in [1.82, 2.24) is 4.98 Å². The van der Waals surface area contributed by atoms with Gasteiger partial charge < -0.3 is 10.4 Å². The fourth-order valence-electron chi connectivity index (χ4n) is 3.54. The van der Waals surface area contributed by atoms with Gasteiger partial charge in [-0.1, -0.05) is 42.5 Å². The maximum Gasteiger partial charge on any atom is 0.261 e. The highest BCUT2D eigenvalue weighted by molar-refractivity contribution is 7.92. The molecule has 0 radical (unpaired) electrons. The second-order valence-corrected chi connectivity index (χ2v) is 10.3. The Kier molecular flexibility index (Phi) is 5.94. The average molecular weight is 502 g/mol. The van der Waals surface area contributed by atoms with Crippen LogP contribution >= 0.6 is 11.3 Å².